The van der Waals surface area contributed by atoms with Crippen molar-refractivity contribution in [1.29, 1.82) is 0 Å². The van der Waals surface area contributed by atoms with Gasteiger partial charge in [-0.05, 0) is 38.0 Å². The fraction of sp³-hybridized carbons (Fsp3) is 0.333. The van der Waals surface area contributed by atoms with Crippen molar-refractivity contribution < 1.29 is 9.13 Å². The van der Waals surface area contributed by atoms with Gasteiger partial charge in [0.1, 0.15) is 17.2 Å². The smallest absolute Gasteiger partial charge is 0.146 e. The molecule has 0 saturated heterocycles. The van der Waals surface area contributed by atoms with E-state index in [1.54, 1.807) is 6.07 Å². The molecule has 1 aliphatic rings. The predicted molar refractivity (Wildman–Crippen MR) is 83.3 cm³/mol. The van der Waals surface area contributed by atoms with E-state index in [1.165, 1.54) is 11.6 Å². The third kappa shape index (κ3) is 2.73. The number of fused-ring (bicyclic) bond motifs is 1. The summed E-state index contributed by atoms with van der Waals surface area (Å²) in [6.45, 7) is 6.64. The quantitative estimate of drug-likeness (QED) is 0.899. The van der Waals surface area contributed by atoms with Gasteiger partial charge in [-0.3, -0.25) is 0 Å². The molecule has 0 bridgehead atoms. The highest BCUT2D eigenvalue weighted by Crippen LogP contribution is 2.37. The van der Waals surface area contributed by atoms with E-state index in [2.05, 4.69) is 25.2 Å². The van der Waals surface area contributed by atoms with E-state index in [9.17, 15) is 4.39 Å². The molecule has 0 aliphatic carbocycles. The Bertz CT molecular complexity index is 659. The van der Waals surface area contributed by atoms with Gasteiger partial charge in [-0.15, -0.1) is 0 Å². The van der Waals surface area contributed by atoms with E-state index >= 15 is 0 Å². The summed E-state index contributed by atoms with van der Waals surface area (Å²) in [5, 5.41) is 3.20. The van der Waals surface area contributed by atoms with Gasteiger partial charge in [0.2, 0.25) is 0 Å². The summed E-state index contributed by atoms with van der Waals surface area (Å²) in [7, 11) is 0. The maximum absolute atomic E-state index is 13.9. The van der Waals surface area contributed by atoms with Crippen LogP contribution in [0, 0.1) is 12.7 Å². The van der Waals surface area contributed by atoms with Crippen LogP contribution in [-0.2, 0) is 13.0 Å². The Hall–Kier alpha value is -2.03. The lowest BCUT2D eigenvalue weighted by Crippen LogP contribution is -2.25. The molecule has 0 spiro atoms. The highest BCUT2D eigenvalue weighted by atomic mass is 19.1. The van der Waals surface area contributed by atoms with Crippen LogP contribution < -0.4 is 10.1 Å². The van der Waals surface area contributed by atoms with Gasteiger partial charge in [-0.2, -0.15) is 0 Å². The van der Waals surface area contributed by atoms with E-state index in [1.807, 2.05) is 25.1 Å². The molecule has 2 nitrogen and oxygen atoms in total. The second-order valence-electron chi connectivity index (χ2n) is 6.23. The van der Waals surface area contributed by atoms with Crippen molar-refractivity contribution in [2.24, 2.45) is 0 Å². The van der Waals surface area contributed by atoms with Crippen molar-refractivity contribution in [3.63, 3.8) is 0 Å². The molecule has 0 radical (unpaired) electrons. The molecule has 0 aromatic heterocycles. The van der Waals surface area contributed by atoms with Crippen LogP contribution in [0.3, 0.4) is 0 Å². The summed E-state index contributed by atoms with van der Waals surface area (Å²) in [6.07, 6.45) is 0.912. The van der Waals surface area contributed by atoms with E-state index in [0.29, 0.717) is 12.2 Å². The van der Waals surface area contributed by atoms with Crippen LogP contribution in [0.25, 0.3) is 0 Å². The number of halogens is 1. The molecule has 110 valence electrons. The molecule has 2 aromatic rings. The molecular weight excluding hydrogens is 265 g/mol. The number of rotatable bonds is 3. The first kappa shape index (κ1) is 13.9. The van der Waals surface area contributed by atoms with E-state index in [0.717, 1.165) is 23.3 Å². The van der Waals surface area contributed by atoms with Crippen LogP contribution in [0.4, 0.5) is 10.1 Å². The number of anilines is 1. The van der Waals surface area contributed by atoms with Crippen LogP contribution in [0.1, 0.15) is 30.5 Å². The molecule has 1 N–H and O–H groups in total. The first-order valence-electron chi connectivity index (χ1n) is 7.25. The van der Waals surface area contributed by atoms with Gasteiger partial charge in [0.25, 0.3) is 0 Å². The topological polar surface area (TPSA) is 21.3 Å². The Balaban J connectivity index is 1.83. The Morgan fingerprint density at radius 2 is 1.95 bits per heavy atom. The van der Waals surface area contributed by atoms with Gasteiger partial charge in [-0.1, -0.05) is 30.3 Å². The first-order valence-corrected chi connectivity index (χ1v) is 7.25. The summed E-state index contributed by atoms with van der Waals surface area (Å²) in [6, 6.07) is 11.3. The number of aryl methyl sites for hydroxylation is 1. The lowest BCUT2D eigenvalue weighted by molar-refractivity contribution is 0.137. The third-order valence-corrected chi connectivity index (χ3v) is 3.85. The normalized spacial score (nSPS) is 15.4. The maximum atomic E-state index is 13.9. The number of nitrogens with one attached hydrogen (secondary N) is 1. The van der Waals surface area contributed by atoms with Crippen molar-refractivity contribution in [3.8, 4) is 5.75 Å². The fourth-order valence-electron chi connectivity index (χ4n) is 2.86. The second kappa shape index (κ2) is 5.06. The average molecular weight is 285 g/mol. The second-order valence-corrected chi connectivity index (χ2v) is 6.23. The highest BCUT2D eigenvalue weighted by molar-refractivity contribution is 5.54. The van der Waals surface area contributed by atoms with Crippen molar-refractivity contribution in [2.75, 3.05) is 5.32 Å². The molecule has 0 unspecified atom stereocenters. The monoisotopic (exact) mass is 285 g/mol. The summed E-state index contributed by atoms with van der Waals surface area (Å²) in [5.41, 5.74) is 3.60. The maximum Gasteiger partial charge on any atom is 0.146 e. The van der Waals surface area contributed by atoms with Gasteiger partial charge in [-0.25, -0.2) is 4.39 Å². The van der Waals surface area contributed by atoms with Gasteiger partial charge >= 0.3 is 0 Å². The van der Waals surface area contributed by atoms with E-state index < -0.39 is 0 Å². The lowest BCUT2D eigenvalue weighted by atomic mass is 10.0. The van der Waals surface area contributed by atoms with Gasteiger partial charge in [0.05, 0.1) is 5.69 Å². The van der Waals surface area contributed by atoms with Crippen LogP contribution in [0.15, 0.2) is 36.4 Å². The molecule has 0 amide bonds. The molecule has 3 rings (SSSR count). The number of hydrogen-bond donors (Lipinski definition) is 1. The molecule has 0 fully saturated rings. The summed E-state index contributed by atoms with van der Waals surface area (Å²) >= 11 is 0. The van der Waals surface area contributed by atoms with Crippen molar-refractivity contribution in [3.05, 3.63) is 58.9 Å². The third-order valence-electron chi connectivity index (χ3n) is 3.85. The summed E-state index contributed by atoms with van der Waals surface area (Å²) in [4.78, 5) is 0. The fourth-order valence-corrected chi connectivity index (χ4v) is 2.86. The molecule has 0 saturated carbocycles. The SMILES string of the molecule is Cc1cccc(F)c1NCc1cccc2c1OC(C)(C)C2. The molecular formula is C18H20FNO. The number of hydrogen-bond acceptors (Lipinski definition) is 2. The largest absolute Gasteiger partial charge is 0.487 e. The molecule has 1 aliphatic heterocycles. The Morgan fingerprint density at radius 1 is 1.19 bits per heavy atom. The minimum Gasteiger partial charge on any atom is -0.487 e. The molecule has 2 aromatic carbocycles. The number of ether oxygens (including phenoxy) is 1. The molecule has 0 atom stereocenters. The summed E-state index contributed by atoms with van der Waals surface area (Å²) in [5.74, 6) is 0.729. The van der Waals surface area contributed by atoms with E-state index in [-0.39, 0.29) is 11.4 Å². The zero-order valence-corrected chi connectivity index (χ0v) is 12.7. The van der Waals surface area contributed by atoms with Crippen molar-refractivity contribution >= 4 is 5.69 Å². The zero-order chi connectivity index (χ0) is 15.0. The standard InChI is InChI=1S/C18H20FNO/c1-12-6-4-9-15(19)16(12)20-11-14-8-5-7-13-10-18(2,3)21-17(13)14/h4-9,20H,10-11H2,1-3H3. The van der Waals surface area contributed by atoms with Crippen LogP contribution in [0.2, 0.25) is 0 Å². The highest BCUT2D eigenvalue weighted by Gasteiger charge is 2.31. The van der Waals surface area contributed by atoms with Crippen LogP contribution in [0.5, 0.6) is 5.75 Å². The molecule has 21 heavy (non-hydrogen) atoms. The van der Waals surface area contributed by atoms with Crippen molar-refractivity contribution in [2.45, 2.75) is 39.3 Å². The van der Waals surface area contributed by atoms with Gasteiger partial charge < -0.3 is 10.1 Å². The van der Waals surface area contributed by atoms with E-state index in [4.69, 9.17) is 4.74 Å². The minimum atomic E-state index is -0.219. The number of benzene rings is 2. The Morgan fingerprint density at radius 3 is 2.71 bits per heavy atom. The van der Waals surface area contributed by atoms with Crippen LogP contribution >= 0.6 is 0 Å². The summed E-state index contributed by atoms with van der Waals surface area (Å²) < 4.78 is 19.9. The Kier molecular flexibility index (Phi) is 3.36. The minimum absolute atomic E-state index is 0.160. The van der Waals surface area contributed by atoms with Crippen molar-refractivity contribution in [1.82, 2.24) is 0 Å². The van der Waals surface area contributed by atoms with Crippen LogP contribution in [-0.4, -0.2) is 5.60 Å². The zero-order valence-electron chi connectivity index (χ0n) is 12.7. The molecule has 1 heterocycles. The number of para-hydroxylation sites is 2. The van der Waals surface area contributed by atoms with Gasteiger partial charge in [0, 0.05) is 18.5 Å². The first-order chi connectivity index (χ1) is 9.96. The molecule has 3 heteroatoms. The Labute approximate surface area is 125 Å². The lowest BCUT2D eigenvalue weighted by Gasteiger charge is -2.18. The predicted octanol–water partition coefficient (Wildman–Crippen LogP) is 4.46. The van der Waals surface area contributed by atoms with Gasteiger partial charge in [0.15, 0.2) is 0 Å². The average Bonchev–Trinajstić information content (AvgIpc) is 2.73.